The summed E-state index contributed by atoms with van der Waals surface area (Å²) in [6.07, 6.45) is 6.55. The molecule has 2 aromatic rings. The lowest BCUT2D eigenvalue weighted by molar-refractivity contribution is -0.230. The highest BCUT2D eigenvalue weighted by molar-refractivity contribution is 5.94. The van der Waals surface area contributed by atoms with E-state index in [4.69, 9.17) is 9.47 Å². The maximum atomic E-state index is 13.5. The van der Waals surface area contributed by atoms with Gasteiger partial charge < -0.3 is 14.6 Å². The van der Waals surface area contributed by atoms with Gasteiger partial charge in [0.05, 0.1) is 11.0 Å². The smallest absolute Gasteiger partial charge is 0.177 e. The molecular weight excluding hydrogens is 426 g/mol. The molecule has 34 heavy (non-hydrogen) atoms. The molecule has 0 radical (unpaired) electrons. The normalized spacial score (nSPS) is 33.3. The van der Waals surface area contributed by atoms with Crippen LogP contribution in [0.2, 0.25) is 0 Å². The minimum absolute atomic E-state index is 0.121. The van der Waals surface area contributed by atoms with Gasteiger partial charge in [-0.25, -0.2) is 0 Å². The molecule has 2 fully saturated rings. The summed E-state index contributed by atoms with van der Waals surface area (Å²) in [5.74, 6) is 0.750. The fraction of sp³-hybridized carbons (Fsp3) is 0.483. The molecule has 1 N–H and O–H groups in total. The predicted molar refractivity (Wildman–Crippen MR) is 130 cm³/mol. The number of phenols is 1. The Bertz CT molecular complexity index is 1150. The molecule has 1 saturated carbocycles. The number of Topliss-reactive ketones (excluding diaryl/α,β-unsaturated/α-hetero) is 1. The van der Waals surface area contributed by atoms with E-state index < -0.39 is 16.6 Å². The average molecular weight is 460 g/mol. The highest BCUT2D eigenvalue weighted by atomic mass is 16.5. The second-order valence-corrected chi connectivity index (χ2v) is 10.5. The summed E-state index contributed by atoms with van der Waals surface area (Å²) < 4.78 is 13.5. The van der Waals surface area contributed by atoms with Gasteiger partial charge in [0, 0.05) is 37.7 Å². The van der Waals surface area contributed by atoms with Gasteiger partial charge in [0.1, 0.15) is 0 Å². The summed E-state index contributed by atoms with van der Waals surface area (Å²) in [6.45, 7) is 8.23. The van der Waals surface area contributed by atoms with Crippen LogP contribution in [0.1, 0.15) is 49.3 Å². The highest BCUT2D eigenvalue weighted by Gasteiger charge is 2.78. The Hall–Kier alpha value is -2.63. The first-order chi connectivity index (χ1) is 16.5. The molecule has 0 amide bonds. The third kappa shape index (κ3) is 2.65. The zero-order valence-electron chi connectivity index (χ0n) is 19.9. The average Bonchev–Trinajstić information content (AvgIpc) is 3.13. The van der Waals surface area contributed by atoms with Crippen molar-refractivity contribution in [2.45, 2.75) is 68.1 Å². The number of aryl methyl sites for hydroxylation is 1. The second-order valence-electron chi connectivity index (χ2n) is 10.5. The van der Waals surface area contributed by atoms with Crippen LogP contribution in [0.5, 0.6) is 11.5 Å². The van der Waals surface area contributed by atoms with Gasteiger partial charge in [0.2, 0.25) is 0 Å². The van der Waals surface area contributed by atoms with Gasteiger partial charge in [0.25, 0.3) is 0 Å². The van der Waals surface area contributed by atoms with Crippen molar-refractivity contribution in [3.63, 3.8) is 0 Å². The van der Waals surface area contributed by atoms with Crippen LogP contribution >= 0.6 is 0 Å². The first-order valence-electron chi connectivity index (χ1n) is 12.6. The second kappa shape index (κ2) is 7.69. The molecule has 2 bridgehead atoms. The summed E-state index contributed by atoms with van der Waals surface area (Å²) in [5.41, 5.74) is 1.35. The molecule has 1 spiro atoms. The van der Waals surface area contributed by atoms with Crippen LogP contribution in [0.25, 0.3) is 0 Å². The summed E-state index contributed by atoms with van der Waals surface area (Å²) in [6, 6.07) is 14.4. The molecule has 4 atom stereocenters. The number of phenolic OH excluding ortho intramolecular Hbond substituents is 1. The molecule has 2 aliphatic heterocycles. The number of benzene rings is 2. The van der Waals surface area contributed by atoms with E-state index in [1.165, 1.54) is 11.1 Å². The maximum Gasteiger partial charge on any atom is 0.177 e. The van der Waals surface area contributed by atoms with Crippen LogP contribution < -0.4 is 4.74 Å². The van der Waals surface area contributed by atoms with Crippen LogP contribution in [0.4, 0.5) is 0 Å². The molecule has 2 aliphatic carbocycles. The van der Waals surface area contributed by atoms with Crippen molar-refractivity contribution in [2.75, 3.05) is 19.7 Å². The van der Waals surface area contributed by atoms with E-state index in [-0.39, 0.29) is 17.6 Å². The molecular formula is C29H33NO4. The van der Waals surface area contributed by atoms with Crippen molar-refractivity contribution in [1.29, 1.82) is 0 Å². The van der Waals surface area contributed by atoms with Crippen LogP contribution in [-0.2, 0) is 27.8 Å². The fourth-order valence-electron chi connectivity index (χ4n) is 7.69. The Morgan fingerprint density at radius 3 is 2.85 bits per heavy atom. The van der Waals surface area contributed by atoms with Crippen molar-refractivity contribution in [2.24, 2.45) is 0 Å². The fourth-order valence-corrected chi connectivity index (χ4v) is 7.69. The molecule has 4 aliphatic rings. The van der Waals surface area contributed by atoms with E-state index in [9.17, 15) is 9.90 Å². The maximum absolute atomic E-state index is 13.5. The van der Waals surface area contributed by atoms with Gasteiger partial charge in [-0.2, -0.15) is 0 Å². The third-order valence-electron chi connectivity index (χ3n) is 9.09. The van der Waals surface area contributed by atoms with E-state index in [2.05, 4.69) is 35.7 Å². The SMILES string of the molecule is C=CCN1CC[C@]23c4c5ccc(O)c4OC2(C)C(=O)CC[C@@]3(OCCCc2ccccc2)[C@H]1C5. The largest absolute Gasteiger partial charge is 0.504 e. The third-order valence-corrected chi connectivity index (χ3v) is 9.09. The number of likely N-dealkylation sites (tertiary alicyclic amines) is 1. The van der Waals surface area contributed by atoms with Crippen molar-refractivity contribution >= 4 is 5.78 Å². The summed E-state index contributed by atoms with van der Waals surface area (Å²) in [5, 5.41) is 10.8. The lowest BCUT2D eigenvalue weighted by Crippen LogP contribution is -2.80. The first-order valence-corrected chi connectivity index (χ1v) is 12.6. The Morgan fingerprint density at radius 1 is 1.24 bits per heavy atom. The highest BCUT2D eigenvalue weighted by Crippen LogP contribution is 2.69. The minimum Gasteiger partial charge on any atom is -0.504 e. The number of ketones is 1. The molecule has 1 unspecified atom stereocenters. The minimum atomic E-state index is -1.03. The van der Waals surface area contributed by atoms with Crippen LogP contribution in [0.15, 0.2) is 55.1 Å². The summed E-state index contributed by atoms with van der Waals surface area (Å²) in [4.78, 5) is 16.0. The van der Waals surface area contributed by atoms with Crippen LogP contribution in [0.3, 0.4) is 0 Å². The number of ether oxygens (including phenoxy) is 2. The monoisotopic (exact) mass is 459 g/mol. The van der Waals surface area contributed by atoms with Gasteiger partial charge in [-0.05, 0) is 56.2 Å². The van der Waals surface area contributed by atoms with Gasteiger partial charge >= 0.3 is 0 Å². The topological polar surface area (TPSA) is 59.0 Å². The van der Waals surface area contributed by atoms with Crippen LogP contribution in [-0.4, -0.2) is 52.7 Å². The molecule has 5 nitrogen and oxygen atoms in total. The van der Waals surface area contributed by atoms with Crippen molar-refractivity contribution in [1.82, 2.24) is 4.90 Å². The van der Waals surface area contributed by atoms with E-state index in [0.29, 0.717) is 25.2 Å². The number of carbonyl (C=O) groups is 1. The zero-order valence-corrected chi connectivity index (χ0v) is 19.9. The Kier molecular flexibility index (Phi) is 4.95. The predicted octanol–water partition coefficient (Wildman–Crippen LogP) is 4.35. The van der Waals surface area contributed by atoms with Crippen molar-refractivity contribution < 1.29 is 19.4 Å². The number of nitrogens with zero attached hydrogens (tertiary/aromatic N) is 1. The molecule has 6 rings (SSSR count). The first kappa shape index (κ1) is 21.9. The lowest BCUT2D eigenvalue weighted by atomic mass is 9.45. The van der Waals surface area contributed by atoms with Gasteiger partial charge in [-0.3, -0.25) is 9.69 Å². The lowest BCUT2D eigenvalue weighted by Gasteiger charge is -2.66. The van der Waals surface area contributed by atoms with Gasteiger partial charge in [0.15, 0.2) is 22.9 Å². The number of aromatic hydroxyl groups is 1. The number of carbonyl (C=O) groups excluding carboxylic acids is 1. The van der Waals surface area contributed by atoms with E-state index in [1.807, 2.05) is 25.1 Å². The molecule has 1 saturated heterocycles. The van der Waals surface area contributed by atoms with E-state index in [0.717, 1.165) is 44.3 Å². The summed E-state index contributed by atoms with van der Waals surface area (Å²) >= 11 is 0. The van der Waals surface area contributed by atoms with Crippen molar-refractivity contribution in [3.8, 4) is 11.5 Å². The van der Waals surface area contributed by atoms with Gasteiger partial charge in [-0.1, -0.05) is 42.5 Å². The Morgan fingerprint density at radius 2 is 2.06 bits per heavy atom. The number of piperidine rings is 1. The summed E-state index contributed by atoms with van der Waals surface area (Å²) in [7, 11) is 0. The quantitative estimate of drug-likeness (QED) is 0.493. The van der Waals surface area contributed by atoms with Crippen LogP contribution in [0, 0.1) is 0 Å². The molecule has 5 heteroatoms. The van der Waals surface area contributed by atoms with Crippen molar-refractivity contribution in [3.05, 3.63) is 71.8 Å². The molecule has 0 aromatic heterocycles. The molecule has 178 valence electrons. The Balaban J connectivity index is 1.44. The zero-order chi connectivity index (χ0) is 23.6. The number of hydrogen-bond acceptors (Lipinski definition) is 5. The van der Waals surface area contributed by atoms with Gasteiger partial charge in [-0.15, -0.1) is 6.58 Å². The molecule has 2 aromatic carbocycles. The van der Waals surface area contributed by atoms with E-state index in [1.54, 1.807) is 6.07 Å². The Labute approximate surface area is 201 Å². The number of rotatable bonds is 7. The van der Waals surface area contributed by atoms with E-state index >= 15 is 0 Å². The molecule has 2 heterocycles. The standard InChI is InChI=1S/C29H33NO4/c1-3-16-30-17-15-28-25-21-11-12-22(31)26(25)34-27(28,2)24(32)13-14-29(28,23(30)19-21)33-18-7-10-20-8-5-4-6-9-20/h3-6,8-9,11-12,23,31H,1,7,10,13-19H2,2H3/t23-,27?,28+,29-/m1/s1. The number of hydrogen-bond donors (Lipinski definition) is 1.